The van der Waals surface area contributed by atoms with Crippen LogP contribution in [0.25, 0.3) is 11.3 Å². The first-order valence-corrected chi connectivity index (χ1v) is 11.1. The van der Waals surface area contributed by atoms with Gasteiger partial charge < -0.3 is 5.32 Å². The largest absolute Gasteiger partial charge is 0.302 e. The fourth-order valence-electron chi connectivity index (χ4n) is 2.48. The van der Waals surface area contributed by atoms with E-state index in [9.17, 15) is 17.6 Å². The number of carbonyl (C=O) groups is 1. The molecule has 0 bridgehead atoms. The highest BCUT2D eigenvalue weighted by Gasteiger charge is 2.09. The van der Waals surface area contributed by atoms with E-state index in [1.165, 1.54) is 23.5 Å². The second-order valence-corrected chi connectivity index (χ2v) is 8.77. The molecule has 1 heterocycles. The normalized spacial score (nSPS) is 11.2. The summed E-state index contributed by atoms with van der Waals surface area (Å²) in [7, 11) is -3.32. The maximum Gasteiger partial charge on any atom is 0.229 e. The number of nitrogens with one attached hydrogen (secondary N) is 2. The standard InChI is InChI=1S/C19H18FN3O3S2/c1-28(25,26)23-16-9-5-14(6-10-16)17-12-27-19(21-17)22-18(24)11-4-13-2-7-15(20)8-3-13/h2-3,5-10,12,23H,4,11H2,1H3,(H,21,22,24). The van der Waals surface area contributed by atoms with E-state index in [0.29, 0.717) is 22.9 Å². The summed E-state index contributed by atoms with van der Waals surface area (Å²) in [5.41, 5.74) is 2.85. The molecule has 3 aromatic rings. The lowest BCUT2D eigenvalue weighted by molar-refractivity contribution is -0.116. The van der Waals surface area contributed by atoms with Crippen LogP contribution in [0.5, 0.6) is 0 Å². The van der Waals surface area contributed by atoms with Crippen molar-refractivity contribution in [3.05, 3.63) is 65.3 Å². The van der Waals surface area contributed by atoms with Crippen molar-refractivity contribution in [2.24, 2.45) is 0 Å². The lowest BCUT2D eigenvalue weighted by Gasteiger charge is -2.04. The van der Waals surface area contributed by atoms with Crippen LogP contribution in [-0.2, 0) is 21.2 Å². The Balaban J connectivity index is 1.57. The highest BCUT2D eigenvalue weighted by Crippen LogP contribution is 2.26. The van der Waals surface area contributed by atoms with Gasteiger partial charge in [-0.15, -0.1) is 11.3 Å². The molecule has 0 atom stereocenters. The zero-order chi connectivity index (χ0) is 20.1. The number of rotatable bonds is 7. The Morgan fingerprint density at radius 1 is 1.11 bits per heavy atom. The first kappa shape index (κ1) is 20.0. The maximum atomic E-state index is 12.9. The summed E-state index contributed by atoms with van der Waals surface area (Å²) < 4.78 is 37.8. The highest BCUT2D eigenvalue weighted by atomic mass is 32.2. The molecule has 6 nitrogen and oxygen atoms in total. The molecule has 1 amide bonds. The fourth-order valence-corrected chi connectivity index (χ4v) is 3.78. The number of aromatic nitrogens is 1. The van der Waals surface area contributed by atoms with Crippen molar-refractivity contribution in [1.82, 2.24) is 4.98 Å². The smallest absolute Gasteiger partial charge is 0.229 e. The van der Waals surface area contributed by atoms with Crippen LogP contribution in [0, 0.1) is 5.82 Å². The number of nitrogens with zero attached hydrogens (tertiary/aromatic N) is 1. The summed E-state index contributed by atoms with van der Waals surface area (Å²) in [6, 6.07) is 12.9. The molecule has 146 valence electrons. The van der Waals surface area contributed by atoms with E-state index in [1.807, 2.05) is 5.38 Å². The lowest BCUT2D eigenvalue weighted by atomic mass is 10.1. The van der Waals surface area contributed by atoms with Crippen LogP contribution in [0.3, 0.4) is 0 Å². The molecule has 0 unspecified atom stereocenters. The predicted molar refractivity (Wildman–Crippen MR) is 109 cm³/mol. The third-order valence-corrected chi connectivity index (χ3v) is 5.15. The molecular formula is C19H18FN3O3S2. The average molecular weight is 420 g/mol. The number of anilines is 2. The molecule has 2 aromatic carbocycles. The Morgan fingerprint density at radius 3 is 2.43 bits per heavy atom. The molecule has 28 heavy (non-hydrogen) atoms. The number of carbonyl (C=O) groups excluding carboxylic acids is 1. The summed E-state index contributed by atoms with van der Waals surface area (Å²) in [6.07, 6.45) is 1.87. The molecule has 0 radical (unpaired) electrons. The first-order valence-electron chi connectivity index (χ1n) is 8.36. The van der Waals surface area contributed by atoms with E-state index in [4.69, 9.17) is 0 Å². The Labute approximate surface area is 166 Å². The van der Waals surface area contributed by atoms with Crippen LogP contribution in [0.1, 0.15) is 12.0 Å². The SMILES string of the molecule is CS(=O)(=O)Nc1ccc(-c2csc(NC(=O)CCc3ccc(F)cc3)n2)cc1. The third-order valence-electron chi connectivity index (χ3n) is 3.79. The van der Waals surface area contributed by atoms with Crippen molar-refractivity contribution in [3.8, 4) is 11.3 Å². The lowest BCUT2D eigenvalue weighted by Crippen LogP contribution is -2.12. The van der Waals surface area contributed by atoms with Crippen molar-refractivity contribution in [1.29, 1.82) is 0 Å². The highest BCUT2D eigenvalue weighted by molar-refractivity contribution is 7.92. The molecule has 3 rings (SSSR count). The first-order chi connectivity index (χ1) is 13.3. The molecule has 1 aromatic heterocycles. The minimum atomic E-state index is -3.32. The molecule has 0 aliphatic heterocycles. The van der Waals surface area contributed by atoms with Crippen molar-refractivity contribution in [2.75, 3.05) is 16.3 Å². The van der Waals surface area contributed by atoms with Gasteiger partial charge >= 0.3 is 0 Å². The fraction of sp³-hybridized carbons (Fsp3) is 0.158. The van der Waals surface area contributed by atoms with Crippen molar-refractivity contribution in [3.63, 3.8) is 0 Å². The Kier molecular flexibility index (Phi) is 6.05. The van der Waals surface area contributed by atoms with Crippen LogP contribution in [-0.4, -0.2) is 25.6 Å². The number of benzene rings is 2. The maximum absolute atomic E-state index is 12.9. The number of thiazole rings is 1. The summed E-state index contributed by atoms with van der Waals surface area (Å²) in [4.78, 5) is 16.5. The molecule has 0 saturated heterocycles. The van der Waals surface area contributed by atoms with Crippen LogP contribution < -0.4 is 10.0 Å². The van der Waals surface area contributed by atoms with Crippen molar-refractivity contribution < 1.29 is 17.6 Å². The topological polar surface area (TPSA) is 88.2 Å². The molecule has 0 aliphatic rings. The monoisotopic (exact) mass is 419 g/mol. The van der Waals surface area contributed by atoms with E-state index < -0.39 is 10.0 Å². The minimum absolute atomic E-state index is 0.169. The van der Waals surface area contributed by atoms with E-state index in [1.54, 1.807) is 36.4 Å². The van der Waals surface area contributed by atoms with Gasteiger partial charge in [-0.1, -0.05) is 24.3 Å². The minimum Gasteiger partial charge on any atom is -0.302 e. The van der Waals surface area contributed by atoms with Gasteiger partial charge in [0.1, 0.15) is 5.82 Å². The van der Waals surface area contributed by atoms with E-state index in [-0.39, 0.29) is 18.1 Å². The number of sulfonamides is 1. The van der Waals surface area contributed by atoms with Gasteiger partial charge in [-0.25, -0.2) is 17.8 Å². The zero-order valence-electron chi connectivity index (χ0n) is 15.0. The van der Waals surface area contributed by atoms with Crippen molar-refractivity contribution in [2.45, 2.75) is 12.8 Å². The molecule has 9 heteroatoms. The summed E-state index contributed by atoms with van der Waals surface area (Å²) in [5, 5.41) is 5.06. The van der Waals surface area contributed by atoms with Gasteiger partial charge in [0.05, 0.1) is 11.9 Å². The quantitative estimate of drug-likeness (QED) is 0.608. The number of amides is 1. The molecule has 0 saturated carbocycles. The average Bonchev–Trinajstić information content (AvgIpc) is 3.09. The predicted octanol–water partition coefficient (Wildman–Crippen LogP) is 3.89. The van der Waals surface area contributed by atoms with Gasteiger partial charge in [0, 0.05) is 23.1 Å². The Morgan fingerprint density at radius 2 is 1.79 bits per heavy atom. The van der Waals surface area contributed by atoms with Gasteiger partial charge in [-0.2, -0.15) is 0 Å². The number of hydrogen-bond donors (Lipinski definition) is 2. The van der Waals surface area contributed by atoms with Gasteiger partial charge in [-0.3, -0.25) is 9.52 Å². The van der Waals surface area contributed by atoms with Gasteiger partial charge in [0.15, 0.2) is 5.13 Å². The number of aryl methyl sites for hydroxylation is 1. The van der Waals surface area contributed by atoms with Crippen molar-refractivity contribution >= 4 is 38.1 Å². The van der Waals surface area contributed by atoms with E-state index in [0.717, 1.165) is 17.4 Å². The van der Waals surface area contributed by atoms with Crippen LogP contribution in [0.15, 0.2) is 53.9 Å². The van der Waals surface area contributed by atoms with Gasteiger partial charge in [0.25, 0.3) is 0 Å². The second-order valence-electron chi connectivity index (χ2n) is 6.16. The molecule has 0 fully saturated rings. The van der Waals surface area contributed by atoms with E-state index in [2.05, 4.69) is 15.0 Å². The second kappa shape index (κ2) is 8.49. The van der Waals surface area contributed by atoms with E-state index >= 15 is 0 Å². The molecular weight excluding hydrogens is 401 g/mol. The number of hydrogen-bond acceptors (Lipinski definition) is 5. The van der Waals surface area contributed by atoms with Crippen LogP contribution in [0.2, 0.25) is 0 Å². The Bertz CT molecular complexity index is 1060. The van der Waals surface area contributed by atoms with Gasteiger partial charge in [0.2, 0.25) is 15.9 Å². The van der Waals surface area contributed by atoms with Gasteiger partial charge in [-0.05, 0) is 36.2 Å². The molecule has 0 aliphatic carbocycles. The summed E-state index contributed by atoms with van der Waals surface area (Å²) >= 11 is 1.31. The Hall–Kier alpha value is -2.78. The summed E-state index contributed by atoms with van der Waals surface area (Å²) in [5.74, 6) is -0.471. The summed E-state index contributed by atoms with van der Waals surface area (Å²) in [6.45, 7) is 0. The molecule has 0 spiro atoms. The van der Waals surface area contributed by atoms with Crippen LogP contribution in [0.4, 0.5) is 15.2 Å². The number of halogens is 1. The zero-order valence-corrected chi connectivity index (χ0v) is 16.6. The molecule has 2 N–H and O–H groups in total. The van der Waals surface area contributed by atoms with Crippen LogP contribution >= 0.6 is 11.3 Å². The third kappa shape index (κ3) is 5.86.